The van der Waals surface area contributed by atoms with E-state index in [1.165, 1.54) is 11.8 Å². The number of nitrogens with two attached hydrogens (primary N) is 3. The number of carbonyl (C=O) groups is 4. The van der Waals surface area contributed by atoms with E-state index >= 15 is 0 Å². The summed E-state index contributed by atoms with van der Waals surface area (Å²) in [7, 11) is 0. The minimum Gasteiger partial charge on any atom is -0.480 e. The van der Waals surface area contributed by atoms with Gasteiger partial charge in [-0.1, -0.05) is 0 Å². The molecule has 4 unspecified atom stereocenters. The molecular formula is C17H33N7O7S. The molecule has 0 saturated carbocycles. The third-order valence-corrected chi connectivity index (χ3v) is 4.80. The van der Waals surface area contributed by atoms with Gasteiger partial charge in [-0.05, 0) is 31.3 Å². The van der Waals surface area contributed by atoms with Crippen molar-refractivity contribution in [3.63, 3.8) is 0 Å². The Morgan fingerprint density at radius 1 is 0.906 bits per heavy atom. The first-order valence-corrected chi connectivity index (χ1v) is 11.1. The first kappa shape index (κ1) is 29.4. The van der Waals surface area contributed by atoms with Crippen molar-refractivity contribution in [1.82, 2.24) is 16.0 Å². The number of aliphatic hydroxyl groups is 2. The Morgan fingerprint density at radius 2 is 1.47 bits per heavy atom. The molecule has 184 valence electrons. The van der Waals surface area contributed by atoms with Gasteiger partial charge >= 0.3 is 5.97 Å². The number of rotatable bonds is 16. The molecule has 0 radical (unpaired) electrons. The summed E-state index contributed by atoms with van der Waals surface area (Å²) in [4.78, 5) is 52.1. The molecule has 0 aliphatic heterocycles. The lowest BCUT2D eigenvalue weighted by Gasteiger charge is -2.24. The fourth-order valence-corrected chi connectivity index (χ4v) is 2.84. The molecule has 32 heavy (non-hydrogen) atoms. The van der Waals surface area contributed by atoms with Gasteiger partial charge in [0.1, 0.15) is 24.2 Å². The molecule has 0 saturated heterocycles. The number of carboxylic acid groups (broad SMARTS) is 1. The first-order valence-electron chi connectivity index (χ1n) is 9.72. The lowest BCUT2D eigenvalue weighted by atomic mass is 10.1. The van der Waals surface area contributed by atoms with Gasteiger partial charge in [-0.3, -0.25) is 19.4 Å². The van der Waals surface area contributed by atoms with Gasteiger partial charge in [0.2, 0.25) is 17.7 Å². The topological polar surface area (TPSA) is 255 Å². The third-order valence-electron chi connectivity index (χ3n) is 4.15. The number of hydrogen-bond acceptors (Lipinski definition) is 9. The highest BCUT2D eigenvalue weighted by Crippen LogP contribution is 2.03. The van der Waals surface area contributed by atoms with Gasteiger partial charge in [-0.25, -0.2) is 4.79 Å². The Bertz CT molecular complexity index is 661. The highest BCUT2D eigenvalue weighted by molar-refractivity contribution is 7.98. The number of amides is 3. The average Bonchev–Trinajstić information content (AvgIpc) is 2.75. The number of carboxylic acids is 1. The number of guanidine groups is 1. The van der Waals surface area contributed by atoms with Crippen LogP contribution in [0.25, 0.3) is 0 Å². The van der Waals surface area contributed by atoms with E-state index in [0.29, 0.717) is 5.75 Å². The Balaban J connectivity index is 5.22. The number of nitrogens with zero attached hydrogens (tertiary/aromatic N) is 1. The van der Waals surface area contributed by atoms with Crippen LogP contribution in [0.1, 0.15) is 19.3 Å². The van der Waals surface area contributed by atoms with Crippen molar-refractivity contribution in [1.29, 1.82) is 0 Å². The summed E-state index contributed by atoms with van der Waals surface area (Å²) in [6.45, 7) is -1.30. The van der Waals surface area contributed by atoms with E-state index in [4.69, 9.17) is 22.3 Å². The molecule has 15 heteroatoms. The maximum Gasteiger partial charge on any atom is 0.326 e. The van der Waals surface area contributed by atoms with Crippen LogP contribution in [-0.4, -0.2) is 101 Å². The quantitative estimate of drug-likeness (QED) is 0.0580. The number of thioether (sulfide) groups is 1. The van der Waals surface area contributed by atoms with Crippen LogP contribution in [0, 0.1) is 0 Å². The number of carbonyl (C=O) groups excluding carboxylic acids is 3. The lowest BCUT2D eigenvalue weighted by molar-refractivity contribution is -0.142. The van der Waals surface area contributed by atoms with Crippen molar-refractivity contribution in [3.8, 4) is 0 Å². The second-order valence-corrected chi connectivity index (χ2v) is 7.71. The van der Waals surface area contributed by atoms with Crippen LogP contribution in [0.3, 0.4) is 0 Å². The van der Waals surface area contributed by atoms with Crippen molar-refractivity contribution >= 4 is 41.4 Å². The van der Waals surface area contributed by atoms with Crippen LogP contribution in [0.5, 0.6) is 0 Å². The lowest BCUT2D eigenvalue weighted by Crippen LogP contribution is -2.58. The first-order chi connectivity index (χ1) is 15.1. The summed E-state index contributed by atoms with van der Waals surface area (Å²) in [6.07, 6.45) is 2.26. The zero-order chi connectivity index (χ0) is 24.7. The maximum absolute atomic E-state index is 12.7. The van der Waals surface area contributed by atoms with Crippen molar-refractivity contribution in [2.24, 2.45) is 22.2 Å². The minimum absolute atomic E-state index is 0.0533. The predicted octanol–water partition coefficient (Wildman–Crippen LogP) is -4.36. The molecule has 0 bridgehead atoms. The van der Waals surface area contributed by atoms with Gasteiger partial charge in [0.15, 0.2) is 5.96 Å². The van der Waals surface area contributed by atoms with E-state index in [-0.39, 0.29) is 31.8 Å². The highest BCUT2D eigenvalue weighted by Gasteiger charge is 2.29. The van der Waals surface area contributed by atoms with Gasteiger partial charge in [0.05, 0.1) is 13.2 Å². The van der Waals surface area contributed by atoms with Gasteiger partial charge in [0.25, 0.3) is 0 Å². The van der Waals surface area contributed by atoms with E-state index in [0.717, 1.165) is 0 Å². The molecule has 0 aliphatic rings. The minimum atomic E-state index is -1.46. The van der Waals surface area contributed by atoms with Crippen LogP contribution in [0.4, 0.5) is 0 Å². The van der Waals surface area contributed by atoms with Crippen LogP contribution in [-0.2, 0) is 19.2 Å². The van der Waals surface area contributed by atoms with Gasteiger partial charge in [0, 0.05) is 6.54 Å². The Hall–Kier alpha value is -2.62. The van der Waals surface area contributed by atoms with Gasteiger partial charge < -0.3 is 48.5 Å². The normalized spacial score (nSPS) is 14.4. The van der Waals surface area contributed by atoms with Crippen molar-refractivity contribution < 1.29 is 34.5 Å². The molecule has 0 spiro atoms. The molecule has 12 N–H and O–H groups in total. The Kier molecular flexibility index (Phi) is 14.8. The third kappa shape index (κ3) is 11.7. The Labute approximate surface area is 189 Å². The van der Waals surface area contributed by atoms with E-state index in [2.05, 4.69) is 20.9 Å². The molecular weight excluding hydrogens is 446 g/mol. The van der Waals surface area contributed by atoms with Crippen molar-refractivity contribution in [3.05, 3.63) is 0 Å². The summed E-state index contributed by atoms with van der Waals surface area (Å²) in [5.74, 6) is -3.45. The zero-order valence-electron chi connectivity index (χ0n) is 17.8. The summed E-state index contributed by atoms with van der Waals surface area (Å²) < 4.78 is 0. The van der Waals surface area contributed by atoms with E-state index in [1.807, 2.05) is 0 Å². The SMILES string of the molecule is CSCCC(NC(=O)C(CO)NC(=O)C(CCCN=C(N)N)NC(=O)C(N)CO)C(=O)O. The molecule has 0 aromatic carbocycles. The van der Waals surface area contributed by atoms with Crippen molar-refractivity contribution in [2.45, 2.75) is 43.4 Å². The predicted molar refractivity (Wildman–Crippen MR) is 118 cm³/mol. The van der Waals surface area contributed by atoms with Crippen LogP contribution < -0.4 is 33.2 Å². The monoisotopic (exact) mass is 479 g/mol. The number of hydrogen-bond donors (Lipinski definition) is 9. The summed E-state index contributed by atoms with van der Waals surface area (Å²) in [5, 5.41) is 34.7. The molecule has 14 nitrogen and oxygen atoms in total. The summed E-state index contributed by atoms with van der Waals surface area (Å²) >= 11 is 1.40. The van der Waals surface area contributed by atoms with Crippen LogP contribution in [0.15, 0.2) is 4.99 Å². The number of aliphatic imine (C=N–C) groups is 1. The average molecular weight is 480 g/mol. The van der Waals surface area contributed by atoms with Crippen LogP contribution in [0.2, 0.25) is 0 Å². The summed E-state index contributed by atoms with van der Waals surface area (Å²) in [5.41, 5.74) is 15.9. The number of aliphatic hydroxyl groups excluding tert-OH is 2. The maximum atomic E-state index is 12.7. The molecule has 0 fully saturated rings. The molecule has 0 heterocycles. The van der Waals surface area contributed by atoms with Crippen molar-refractivity contribution in [2.75, 3.05) is 31.8 Å². The van der Waals surface area contributed by atoms with Crippen LogP contribution >= 0.6 is 11.8 Å². The van der Waals surface area contributed by atoms with E-state index in [9.17, 15) is 29.4 Å². The van der Waals surface area contributed by atoms with Gasteiger partial charge in [-0.2, -0.15) is 11.8 Å². The number of aliphatic carboxylic acids is 1. The molecule has 0 rings (SSSR count). The second kappa shape index (κ2) is 16.1. The van der Waals surface area contributed by atoms with E-state index < -0.39 is 61.1 Å². The molecule has 3 amide bonds. The largest absolute Gasteiger partial charge is 0.480 e. The molecule has 0 aromatic rings. The van der Waals surface area contributed by atoms with E-state index in [1.54, 1.807) is 6.26 Å². The second-order valence-electron chi connectivity index (χ2n) is 6.72. The number of nitrogens with one attached hydrogen (secondary N) is 3. The molecule has 4 atom stereocenters. The zero-order valence-corrected chi connectivity index (χ0v) is 18.6. The Morgan fingerprint density at radius 3 is 1.97 bits per heavy atom. The molecule has 0 aliphatic carbocycles. The standard InChI is InChI=1S/C17H33N7O7S/c1-32-6-4-11(16(30)31)23-15(29)12(8-26)24-14(28)10(3-2-5-21-17(19)20)22-13(27)9(18)7-25/h9-12,25-26H,2-8,18H2,1H3,(H,22,27)(H,23,29)(H,24,28)(H,30,31)(H4,19,20,21). The van der Waals surface area contributed by atoms with Gasteiger partial charge in [-0.15, -0.1) is 0 Å². The molecule has 0 aromatic heterocycles. The fourth-order valence-electron chi connectivity index (χ4n) is 2.37. The fraction of sp³-hybridized carbons (Fsp3) is 0.706. The highest BCUT2D eigenvalue weighted by atomic mass is 32.2. The smallest absolute Gasteiger partial charge is 0.326 e. The summed E-state index contributed by atoms with van der Waals surface area (Å²) in [6, 6.07) is -5.10.